The highest BCUT2D eigenvalue weighted by atomic mass is 16.5. The highest BCUT2D eigenvalue weighted by Crippen LogP contribution is 2.19. The fourth-order valence-electron chi connectivity index (χ4n) is 2.95. The van der Waals surface area contributed by atoms with Crippen LogP contribution in [0.25, 0.3) is 0 Å². The van der Waals surface area contributed by atoms with Crippen molar-refractivity contribution in [3.8, 4) is 5.75 Å². The number of nitrogens with one attached hydrogen (secondary N) is 1. The van der Waals surface area contributed by atoms with Gasteiger partial charge in [-0.25, -0.2) is 0 Å². The second kappa shape index (κ2) is 9.93. The first kappa shape index (κ1) is 21.5. The van der Waals surface area contributed by atoms with Crippen LogP contribution in [0.2, 0.25) is 0 Å². The van der Waals surface area contributed by atoms with Crippen LogP contribution < -0.4 is 10.1 Å². The molecule has 0 saturated heterocycles. The van der Waals surface area contributed by atoms with E-state index in [2.05, 4.69) is 5.32 Å². The van der Waals surface area contributed by atoms with Gasteiger partial charge in [0, 0.05) is 12.6 Å². The Balaban J connectivity index is 2.14. The number of hydrogen-bond donors (Lipinski definition) is 1. The Morgan fingerprint density at radius 2 is 1.71 bits per heavy atom. The molecule has 5 heteroatoms. The second-order valence-corrected chi connectivity index (χ2v) is 7.40. The summed E-state index contributed by atoms with van der Waals surface area (Å²) in [6.07, 6.45) is 0. The van der Waals surface area contributed by atoms with E-state index in [9.17, 15) is 9.59 Å². The van der Waals surface area contributed by atoms with Crippen molar-refractivity contribution in [3.63, 3.8) is 0 Å². The summed E-state index contributed by atoms with van der Waals surface area (Å²) in [7, 11) is 0. The van der Waals surface area contributed by atoms with Crippen LogP contribution in [0.5, 0.6) is 5.75 Å². The lowest BCUT2D eigenvalue weighted by molar-refractivity contribution is -0.142. The molecule has 0 aliphatic carbocycles. The summed E-state index contributed by atoms with van der Waals surface area (Å²) < 4.78 is 5.76. The lowest BCUT2D eigenvalue weighted by Gasteiger charge is -2.29. The number of rotatable bonds is 8. The Hall–Kier alpha value is -2.82. The van der Waals surface area contributed by atoms with Crippen molar-refractivity contribution in [1.82, 2.24) is 10.2 Å². The van der Waals surface area contributed by atoms with E-state index in [1.807, 2.05) is 76.2 Å². The maximum Gasteiger partial charge on any atom is 0.261 e. The number of ether oxygens (including phenoxy) is 1. The largest absolute Gasteiger partial charge is 0.483 e. The van der Waals surface area contributed by atoms with Gasteiger partial charge < -0.3 is 15.0 Å². The molecule has 5 nitrogen and oxygen atoms in total. The van der Waals surface area contributed by atoms with Gasteiger partial charge in [0.15, 0.2) is 6.61 Å². The molecule has 2 aromatic carbocycles. The Morgan fingerprint density at radius 1 is 1.04 bits per heavy atom. The van der Waals surface area contributed by atoms with E-state index >= 15 is 0 Å². The fraction of sp³-hybridized carbons (Fsp3) is 0.391. The van der Waals surface area contributed by atoms with Gasteiger partial charge in [-0.05, 0) is 51.8 Å². The van der Waals surface area contributed by atoms with E-state index in [1.165, 1.54) is 0 Å². The number of carbonyl (C=O) groups excluding carboxylic acids is 2. The van der Waals surface area contributed by atoms with E-state index in [1.54, 1.807) is 11.8 Å². The third kappa shape index (κ3) is 6.12. The third-order valence-electron chi connectivity index (χ3n) is 4.48. The average Bonchev–Trinajstić information content (AvgIpc) is 2.65. The third-order valence-corrected chi connectivity index (χ3v) is 4.48. The van der Waals surface area contributed by atoms with Crippen molar-refractivity contribution in [2.24, 2.45) is 0 Å². The van der Waals surface area contributed by atoms with Gasteiger partial charge in [0.2, 0.25) is 5.91 Å². The van der Waals surface area contributed by atoms with Crippen LogP contribution in [0.1, 0.15) is 37.5 Å². The lowest BCUT2D eigenvalue weighted by Crippen LogP contribution is -2.50. The molecule has 1 atom stereocenters. The Morgan fingerprint density at radius 3 is 2.32 bits per heavy atom. The van der Waals surface area contributed by atoms with Crippen molar-refractivity contribution in [2.45, 2.75) is 53.2 Å². The van der Waals surface area contributed by atoms with Crippen molar-refractivity contribution in [2.75, 3.05) is 6.61 Å². The summed E-state index contributed by atoms with van der Waals surface area (Å²) in [5.41, 5.74) is 3.08. The zero-order valence-electron chi connectivity index (χ0n) is 17.4. The number of nitrogens with zero attached hydrogens (tertiary/aromatic N) is 1. The Labute approximate surface area is 167 Å². The van der Waals surface area contributed by atoms with Gasteiger partial charge in [-0.15, -0.1) is 0 Å². The van der Waals surface area contributed by atoms with E-state index in [0.717, 1.165) is 16.7 Å². The normalized spacial score (nSPS) is 11.8. The molecule has 0 unspecified atom stereocenters. The Bertz CT molecular complexity index is 803. The van der Waals surface area contributed by atoms with Gasteiger partial charge in [0.05, 0.1) is 0 Å². The zero-order valence-corrected chi connectivity index (χ0v) is 17.4. The summed E-state index contributed by atoms with van der Waals surface area (Å²) in [4.78, 5) is 27.0. The van der Waals surface area contributed by atoms with E-state index < -0.39 is 6.04 Å². The van der Waals surface area contributed by atoms with Crippen molar-refractivity contribution >= 4 is 11.8 Å². The minimum atomic E-state index is -0.599. The zero-order chi connectivity index (χ0) is 20.7. The summed E-state index contributed by atoms with van der Waals surface area (Å²) in [5.74, 6) is 0.277. The predicted molar refractivity (Wildman–Crippen MR) is 111 cm³/mol. The molecule has 0 saturated carbocycles. The maximum atomic E-state index is 13.0. The van der Waals surface area contributed by atoms with E-state index in [0.29, 0.717) is 12.3 Å². The summed E-state index contributed by atoms with van der Waals surface area (Å²) in [5, 5.41) is 2.88. The minimum Gasteiger partial charge on any atom is -0.483 e. The molecule has 0 fully saturated rings. The lowest BCUT2D eigenvalue weighted by atomic mass is 10.1. The van der Waals surface area contributed by atoms with Crippen molar-refractivity contribution in [1.29, 1.82) is 0 Å². The molecular weight excluding hydrogens is 352 g/mol. The molecule has 1 N–H and O–H groups in total. The molecule has 2 aromatic rings. The molecule has 0 heterocycles. The van der Waals surface area contributed by atoms with Gasteiger partial charge in [0.1, 0.15) is 11.8 Å². The highest BCUT2D eigenvalue weighted by Gasteiger charge is 2.26. The first-order valence-electron chi connectivity index (χ1n) is 9.61. The minimum absolute atomic E-state index is 0.00934. The molecule has 2 rings (SSSR count). The van der Waals surface area contributed by atoms with Crippen LogP contribution in [0.3, 0.4) is 0 Å². The van der Waals surface area contributed by atoms with E-state index in [-0.39, 0.29) is 24.5 Å². The van der Waals surface area contributed by atoms with Crippen LogP contribution in [-0.2, 0) is 16.1 Å². The van der Waals surface area contributed by atoms with Gasteiger partial charge in [-0.2, -0.15) is 0 Å². The summed E-state index contributed by atoms with van der Waals surface area (Å²) >= 11 is 0. The van der Waals surface area contributed by atoms with Gasteiger partial charge in [0.25, 0.3) is 5.91 Å². The van der Waals surface area contributed by atoms with Gasteiger partial charge >= 0.3 is 0 Å². The molecule has 0 aliphatic rings. The molecular formula is C23H30N2O3. The smallest absolute Gasteiger partial charge is 0.261 e. The molecule has 0 bridgehead atoms. The summed E-state index contributed by atoms with van der Waals surface area (Å²) in [6.45, 7) is 9.74. The number of amides is 2. The molecule has 150 valence electrons. The van der Waals surface area contributed by atoms with Crippen molar-refractivity contribution in [3.05, 3.63) is 65.2 Å². The topological polar surface area (TPSA) is 58.6 Å². The number of carbonyl (C=O) groups is 2. The van der Waals surface area contributed by atoms with Crippen LogP contribution in [0, 0.1) is 13.8 Å². The monoisotopic (exact) mass is 382 g/mol. The first-order valence-corrected chi connectivity index (χ1v) is 9.61. The molecule has 0 radical (unpaired) electrons. The second-order valence-electron chi connectivity index (χ2n) is 7.40. The van der Waals surface area contributed by atoms with Crippen molar-refractivity contribution < 1.29 is 14.3 Å². The Kier molecular flexibility index (Phi) is 7.61. The predicted octanol–water partition coefficient (Wildman–Crippen LogP) is 3.62. The quantitative estimate of drug-likeness (QED) is 0.759. The molecule has 0 aliphatic heterocycles. The summed E-state index contributed by atoms with van der Waals surface area (Å²) in [6, 6.07) is 14.9. The number of hydrogen-bond acceptors (Lipinski definition) is 3. The first-order chi connectivity index (χ1) is 13.3. The fourth-order valence-corrected chi connectivity index (χ4v) is 2.95. The van der Waals surface area contributed by atoms with Crippen LogP contribution in [0.15, 0.2) is 48.5 Å². The van der Waals surface area contributed by atoms with Crippen LogP contribution in [-0.4, -0.2) is 35.4 Å². The molecule has 2 amide bonds. The standard InChI is InChI=1S/C23H30N2O3/c1-16(2)24-23(27)19(5)25(14-20-9-7-6-8-10-20)22(26)15-28-21-12-11-17(3)13-18(21)4/h6-13,16,19H,14-15H2,1-5H3,(H,24,27)/t19-/m1/s1. The van der Waals surface area contributed by atoms with E-state index in [4.69, 9.17) is 4.74 Å². The molecule has 0 aromatic heterocycles. The van der Waals surface area contributed by atoms with Crippen LogP contribution >= 0.6 is 0 Å². The molecule has 28 heavy (non-hydrogen) atoms. The maximum absolute atomic E-state index is 13.0. The SMILES string of the molecule is Cc1ccc(OCC(=O)N(Cc2ccccc2)[C@H](C)C(=O)NC(C)C)c(C)c1. The number of benzene rings is 2. The van der Waals surface area contributed by atoms with Crippen LogP contribution in [0.4, 0.5) is 0 Å². The van der Waals surface area contributed by atoms with Gasteiger partial charge in [-0.1, -0.05) is 48.0 Å². The highest BCUT2D eigenvalue weighted by molar-refractivity contribution is 5.88. The number of aryl methyl sites for hydroxylation is 2. The molecule has 0 spiro atoms. The average molecular weight is 383 g/mol. The van der Waals surface area contributed by atoms with Gasteiger partial charge in [-0.3, -0.25) is 9.59 Å².